The fourth-order valence-electron chi connectivity index (χ4n) is 7.38. The number of esters is 1. The molecule has 0 amide bonds. The van der Waals surface area contributed by atoms with Gasteiger partial charge in [0.25, 0.3) is 0 Å². The van der Waals surface area contributed by atoms with Crippen molar-refractivity contribution in [3.05, 3.63) is 80.3 Å². The molecule has 8 bridgehead atoms. The SMILES string of the molecule is CC[C@H]1C2=CC3=NC(=C(CC(=O)OC)C4=NC(=CC5=C(C)/C(=C(/C)[O-])C(=N5)C=C(N2)[C@@H]1C)[C@@H](C)[C@@H]4CCC(=O)[O-])C(C([O-])=NCCS(=O)(=O)[O-])=C3C.[K+].[K+].[Pd+2]. The molecular weight excluding hydrogens is 875 g/mol. The molecule has 286 valence electrons. The number of methoxy groups -OCH3 is 1. The minimum Gasteiger partial charge on any atom is -0.875 e. The monoisotopic (exact) mass is 915 g/mol. The van der Waals surface area contributed by atoms with E-state index in [1.807, 2.05) is 32.9 Å². The van der Waals surface area contributed by atoms with E-state index in [1.54, 1.807) is 13.0 Å². The van der Waals surface area contributed by atoms with Crippen LogP contribution in [-0.2, 0) is 44.9 Å². The van der Waals surface area contributed by atoms with Crippen LogP contribution in [-0.4, -0.2) is 67.3 Å². The first-order chi connectivity index (χ1) is 24.4. The van der Waals surface area contributed by atoms with Gasteiger partial charge in [0.1, 0.15) is 0 Å². The van der Waals surface area contributed by atoms with Crippen LogP contribution in [0.4, 0.5) is 0 Å². The summed E-state index contributed by atoms with van der Waals surface area (Å²) in [5, 5.41) is 42.1. The predicted octanol–water partition coefficient (Wildman–Crippen LogP) is -4.59. The first-order valence-corrected chi connectivity index (χ1v) is 18.7. The van der Waals surface area contributed by atoms with Crippen LogP contribution in [0.2, 0.25) is 0 Å². The number of fused-ring (bicyclic) bond motifs is 5. The Morgan fingerprint density at radius 2 is 1.60 bits per heavy atom. The van der Waals surface area contributed by atoms with Gasteiger partial charge in [0.15, 0.2) is 0 Å². The molecule has 0 unspecified atom stereocenters. The van der Waals surface area contributed by atoms with E-state index in [9.17, 15) is 37.9 Å². The van der Waals surface area contributed by atoms with Crippen LogP contribution < -0.4 is 123 Å². The fraction of sp³-hybridized carbons (Fsp3) is 0.459. The van der Waals surface area contributed by atoms with E-state index < -0.39 is 58.5 Å². The Morgan fingerprint density at radius 3 is 2.18 bits per heavy atom. The molecule has 18 heteroatoms. The Bertz CT molecular complexity index is 2090. The van der Waals surface area contributed by atoms with E-state index in [0.717, 1.165) is 17.8 Å². The molecule has 0 radical (unpaired) electrons. The van der Waals surface area contributed by atoms with E-state index >= 15 is 0 Å². The largest absolute Gasteiger partial charge is 2.00 e. The number of nitrogens with one attached hydrogen (secondary N) is 1. The van der Waals surface area contributed by atoms with Gasteiger partial charge in [-0.15, -0.1) is 5.76 Å². The minimum atomic E-state index is -4.67. The first kappa shape index (κ1) is 50.2. The number of carboxylic acids is 1. The summed E-state index contributed by atoms with van der Waals surface area (Å²) < 4.78 is 39.0. The number of aliphatic carboxylic acids is 1. The average molecular weight is 916 g/mol. The maximum atomic E-state index is 13.8. The number of nitrogens with zero attached hydrogens (tertiary/aromatic N) is 4. The standard InChI is InChI=1S/C37H45N5O9S.2K.Pd/c1-8-22-17(2)25-16-30-33(21(6)43)19(4)27(40-30)14-26-18(3)23(9-10-31(44)45)35(41-26)24(13-32(46)51-7)36-34(37(47)38-11-12-52(48,49)50)20(5)28(42-36)15-29(22)39-25;;;/h14-18,22-23,39,43H,8-13H2,1-7H3,(H,38,47)(H,44,45)(H,48,49,50);;;/q;2*+1;+2/p-4/b25-16?,26-14?,29-15?,33-21+,36-24?;;;/t17-,18+,22-,23+;;;/m1.../s1. The van der Waals surface area contributed by atoms with Crippen molar-refractivity contribution in [2.45, 2.75) is 67.2 Å². The van der Waals surface area contributed by atoms with Gasteiger partial charge >= 0.3 is 129 Å². The second kappa shape index (κ2) is 20.8. The normalized spacial score (nSPS) is 24.3. The van der Waals surface area contributed by atoms with Crippen molar-refractivity contribution in [1.82, 2.24) is 5.32 Å². The molecule has 1 saturated heterocycles. The van der Waals surface area contributed by atoms with E-state index in [1.165, 1.54) is 14.0 Å². The molecular formula is C37H41K2N5O9PdS. The van der Waals surface area contributed by atoms with Gasteiger partial charge in [-0.05, 0) is 74.0 Å². The van der Waals surface area contributed by atoms with Crippen LogP contribution in [0.5, 0.6) is 0 Å². The summed E-state index contributed by atoms with van der Waals surface area (Å²) in [5.74, 6) is -4.88. The molecule has 0 saturated carbocycles. The summed E-state index contributed by atoms with van der Waals surface area (Å²) in [5.41, 5.74) is 5.57. The predicted molar refractivity (Wildman–Crippen MR) is 188 cm³/mol. The summed E-state index contributed by atoms with van der Waals surface area (Å²) in [6, 6.07) is 0. The number of hydrogen-bond acceptors (Lipinski definition) is 14. The Hall–Kier alpha value is -0.955. The first-order valence-electron chi connectivity index (χ1n) is 17.1. The smallest absolute Gasteiger partial charge is 0.875 e. The number of hydrogen-bond donors (Lipinski definition) is 1. The van der Waals surface area contributed by atoms with Crippen molar-refractivity contribution < 1.29 is 166 Å². The van der Waals surface area contributed by atoms with Crippen molar-refractivity contribution in [1.29, 1.82) is 0 Å². The van der Waals surface area contributed by atoms with Crippen LogP contribution in [0, 0.1) is 23.7 Å². The molecule has 4 atom stereocenters. The summed E-state index contributed by atoms with van der Waals surface area (Å²) in [7, 11) is -3.46. The molecule has 0 aliphatic carbocycles. The molecule has 14 nitrogen and oxygen atoms in total. The summed E-state index contributed by atoms with van der Waals surface area (Å²) in [6.45, 7) is 10.3. The van der Waals surface area contributed by atoms with Gasteiger partial charge in [-0.2, -0.15) is 0 Å². The molecule has 0 aromatic carbocycles. The second-order valence-corrected chi connectivity index (χ2v) is 15.0. The number of ether oxygens (including phenoxy) is 1. The molecule has 5 aliphatic heterocycles. The number of carboxylic acid groups (broad SMARTS) is 1. The summed E-state index contributed by atoms with van der Waals surface area (Å²) in [6.07, 6.45) is 5.50. The number of carbonyl (C=O) groups excluding carboxylic acids is 2. The third-order valence-corrected chi connectivity index (χ3v) is 10.9. The van der Waals surface area contributed by atoms with Crippen LogP contribution >= 0.6 is 0 Å². The van der Waals surface area contributed by atoms with Crippen molar-refractivity contribution in [3.8, 4) is 0 Å². The van der Waals surface area contributed by atoms with Gasteiger partial charge in [-0.3, -0.25) is 14.8 Å². The molecule has 55 heavy (non-hydrogen) atoms. The van der Waals surface area contributed by atoms with E-state index in [4.69, 9.17) is 19.7 Å². The molecule has 5 heterocycles. The zero-order valence-corrected chi connectivity index (χ0v) is 41.1. The zero-order valence-electron chi connectivity index (χ0n) is 32.5. The number of allylic oxidation sites excluding steroid dienone is 10. The zero-order chi connectivity index (χ0) is 38.2. The molecule has 5 aliphatic rings. The molecule has 1 N–H and O–H groups in total. The molecule has 5 rings (SSSR count). The maximum Gasteiger partial charge on any atom is 2.00 e. The van der Waals surface area contributed by atoms with E-state index in [0.29, 0.717) is 45.2 Å². The Balaban J connectivity index is 0.00000348. The van der Waals surface area contributed by atoms with E-state index in [-0.39, 0.29) is 170 Å². The third-order valence-electron chi connectivity index (χ3n) is 10.2. The van der Waals surface area contributed by atoms with Gasteiger partial charge in [0.05, 0.1) is 64.5 Å². The molecule has 0 aromatic heterocycles. The van der Waals surface area contributed by atoms with Crippen molar-refractivity contribution >= 4 is 45.1 Å². The quantitative estimate of drug-likeness (QED) is 0.0551. The van der Waals surface area contributed by atoms with Gasteiger partial charge in [-0.1, -0.05) is 27.7 Å². The Kier molecular flexibility index (Phi) is 19.0. The van der Waals surface area contributed by atoms with Crippen LogP contribution in [0.25, 0.3) is 0 Å². The average Bonchev–Trinajstić information content (AvgIpc) is 3.74. The number of carbonyl (C=O) groups is 2. The Morgan fingerprint density at radius 1 is 0.945 bits per heavy atom. The van der Waals surface area contributed by atoms with Gasteiger partial charge in [0, 0.05) is 57.9 Å². The topological polar surface area (TPSA) is 231 Å². The summed E-state index contributed by atoms with van der Waals surface area (Å²) >= 11 is 0. The van der Waals surface area contributed by atoms with Gasteiger partial charge in [0.2, 0.25) is 0 Å². The van der Waals surface area contributed by atoms with Crippen molar-refractivity contribution in [3.63, 3.8) is 0 Å². The Labute approximate surface area is 420 Å². The van der Waals surface area contributed by atoms with Crippen molar-refractivity contribution in [2.75, 3.05) is 19.4 Å². The van der Waals surface area contributed by atoms with Crippen LogP contribution in [0.15, 0.2) is 100 Å². The molecule has 1 fully saturated rings. The minimum absolute atomic E-state index is 0. The fourth-order valence-corrected chi connectivity index (χ4v) is 7.69. The summed E-state index contributed by atoms with van der Waals surface area (Å²) in [4.78, 5) is 43.4. The molecule has 0 spiro atoms. The van der Waals surface area contributed by atoms with E-state index in [2.05, 4.69) is 17.2 Å². The molecule has 0 aromatic rings. The van der Waals surface area contributed by atoms with Crippen LogP contribution in [0.1, 0.15) is 67.2 Å². The van der Waals surface area contributed by atoms with Gasteiger partial charge < -0.3 is 34.7 Å². The maximum absolute atomic E-state index is 13.8. The van der Waals surface area contributed by atoms with Crippen molar-refractivity contribution in [2.24, 2.45) is 43.6 Å². The third kappa shape index (κ3) is 11.2. The second-order valence-electron chi connectivity index (χ2n) is 13.5. The van der Waals surface area contributed by atoms with Gasteiger partial charge in [-0.25, -0.2) is 18.4 Å². The number of rotatable bonds is 10. The number of aliphatic imine (C=N–C) groups is 4. The van der Waals surface area contributed by atoms with Crippen LogP contribution in [0.3, 0.4) is 0 Å².